The van der Waals surface area contributed by atoms with Gasteiger partial charge in [0.05, 0.1) is 11.8 Å². The van der Waals surface area contributed by atoms with Crippen LogP contribution in [0.4, 0.5) is 5.69 Å². The van der Waals surface area contributed by atoms with Gasteiger partial charge in [-0.3, -0.25) is 4.79 Å². The van der Waals surface area contributed by atoms with Gasteiger partial charge < -0.3 is 15.4 Å². The molecule has 0 bridgehead atoms. The van der Waals surface area contributed by atoms with E-state index in [1.54, 1.807) is 7.11 Å². The van der Waals surface area contributed by atoms with Crippen LogP contribution < -0.4 is 5.73 Å². The first kappa shape index (κ1) is 14.8. The summed E-state index contributed by atoms with van der Waals surface area (Å²) in [5.41, 5.74) is 6.78. The topological polar surface area (TPSA) is 55.6 Å². The van der Waals surface area contributed by atoms with Gasteiger partial charge >= 0.3 is 0 Å². The van der Waals surface area contributed by atoms with Gasteiger partial charge in [0, 0.05) is 34.8 Å². The molecule has 1 aromatic carbocycles. The van der Waals surface area contributed by atoms with Crippen LogP contribution in [0.5, 0.6) is 0 Å². The minimum atomic E-state index is 0.0200. The van der Waals surface area contributed by atoms with E-state index < -0.39 is 0 Å². The number of likely N-dealkylation sites (tertiary alicyclic amines) is 1. The van der Waals surface area contributed by atoms with Crippen molar-refractivity contribution in [1.29, 1.82) is 0 Å². The molecule has 2 N–H and O–H groups in total. The molecule has 0 spiro atoms. The second kappa shape index (κ2) is 5.94. The van der Waals surface area contributed by atoms with E-state index in [4.69, 9.17) is 10.5 Å². The van der Waals surface area contributed by atoms with Crippen LogP contribution in [0, 0.1) is 0 Å². The Morgan fingerprint density at radius 3 is 3.10 bits per heavy atom. The highest BCUT2D eigenvalue weighted by molar-refractivity contribution is 9.10. The molecule has 0 aliphatic carbocycles. The molecule has 2 aromatic rings. The zero-order valence-corrected chi connectivity index (χ0v) is 14.2. The number of carbonyl (C=O) groups is 1. The Bertz CT molecular complexity index is 686. The highest BCUT2D eigenvalue weighted by atomic mass is 79.9. The van der Waals surface area contributed by atoms with Crippen molar-refractivity contribution in [2.24, 2.45) is 0 Å². The van der Waals surface area contributed by atoms with Crippen LogP contribution >= 0.6 is 27.3 Å². The molecule has 1 unspecified atom stereocenters. The molecule has 112 valence electrons. The van der Waals surface area contributed by atoms with E-state index in [9.17, 15) is 4.79 Å². The lowest BCUT2D eigenvalue weighted by Crippen LogP contribution is -2.42. The summed E-state index contributed by atoms with van der Waals surface area (Å²) in [6.45, 7) is 1.42. The minimum absolute atomic E-state index is 0.0200. The van der Waals surface area contributed by atoms with Gasteiger partial charge in [-0.15, -0.1) is 11.3 Å². The summed E-state index contributed by atoms with van der Waals surface area (Å²) < 4.78 is 7.39. The SMILES string of the molecule is COC1CCCN(C(=O)c2sc3ccc(Br)cc3c2N)C1. The number of ether oxygens (including phenoxy) is 1. The van der Waals surface area contributed by atoms with Crippen molar-refractivity contribution in [3.05, 3.63) is 27.5 Å². The summed E-state index contributed by atoms with van der Waals surface area (Å²) >= 11 is 4.91. The largest absolute Gasteiger partial charge is 0.397 e. The molecule has 1 saturated heterocycles. The molecular weight excluding hydrogens is 352 g/mol. The number of anilines is 1. The van der Waals surface area contributed by atoms with Crippen molar-refractivity contribution < 1.29 is 9.53 Å². The van der Waals surface area contributed by atoms with Crippen molar-refractivity contribution in [3.63, 3.8) is 0 Å². The highest BCUT2D eigenvalue weighted by Gasteiger charge is 2.27. The number of nitrogens with two attached hydrogens (primary N) is 1. The molecule has 4 nitrogen and oxygen atoms in total. The number of benzene rings is 1. The van der Waals surface area contributed by atoms with Crippen LogP contribution in [0.3, 0.4) is 0 Å². The number of hydrogen-bond donors (Lipinski definition) is 1. The minimum Gasteiger partial charge on any atom is -0.397 e. The maximum atomic E-state index is 12.7. The molecule has 1 fully saturated rings. The number of rotatable bonds is 2. The molecule has 1 aliphatic heterocycles. The van der Waals surface area contributed by atoms with Gasteiger partial charge in [-0.25, -0.2) is 0 Å². The summed E-state index contributed by atoms with van der Waals surface area (Å²) in [7, 11) is 1.70. The lowest BCUT2D eigenvalue weighted by atomic mass is 10.1. The Morgan fingerprint density at radius 2 is 2.33 bits per heavy atom. The fourth-order valence-electron chi connectivity index (χ4n) is 2.71. The first-order valence-electron chi connectivity index (χ1n) is 6.89. The Balaban J connectivity index is 1.92. The molecule has 21 heavy (non-hydrogen) atoms. The molecule has 1 aromatic heterocycles. The third-order valence-corrected chi connectivity index (χ3v) is 5.55. The van der Waals surface area contributed by atoms with Crippen LogP contribution in [-0.4, -0.2) is 37.1 Å². The molecule has 1 amide bonds. The van der Waals surface area contributed by atoms with E-state index in [0.29, 0.717) is 17.1 Å². The summed E-state index contributed by atoms with van der Waals surface area (Å²) in [6.07, 6.45) is 2.11. The van der Waals surface area contributed by atoms with Crippen LogP contribution in [-0.2, 0) is 4.74 Å². The van der Waals surface area contributed by atoms with Crippen molar-refractivity contribution >= 4 is 48.9 Å². The third kappa shape index (κ3) is 2.80. The van der Waals surface area contributed by atoms with Crippen LogP contribution in [0.15, 0.2) is 22.7 Å². The molecule has 1 atom stereocenters. The van der Waals surface area contributed by atoms with Crippen LogP contribution in [0.1, 0.15) is 22.5 Å². The van der Waals surface area contributed by atoms with Gasteiger partial charge in [-0.2, -0.15) is 0 Å². The summed E-state index contributed by atoms with van der Waals surface area (Å²) in [6, 6.07) is 5.92. The number of halogens is 1. The molecule has 3 rings (SSSR count). The van der Waals surface area contributed by atoms with E-state index >= 15 is 0 Å². The highest BCUT2D eigenvalue weighted by Crippen LogP contribution is 2.36. The van der Waals surface area contributed by atoms with E-state index in [-0.39, 0.29) is 12.0 Å². The molecular formula is C15H17BrN2O2S. The van der Waals surface area contributed by atoms with Crippen LogP contribution in [0.25, 0.3) is 10.1 Å². The van der Waals surface area contributed by atoms with Gasteiger partial charge in [0.15, 0.2) is 0 Å². The normalized spacial score (nSPS) is 19.1. The van der Waals surface area contributed by atoms with Gasteiger partial charge in [0.1, 0.15) is 4.88 Å². The zero-order valence-electron chi connectivity index (χ0n) is 11.8. The molecule has 2 heterocycles. The lowest BCUT2D eigenvalue weighted by Gasteiger charge is -2.31. The number of carbonyl (C=O) groups excluding carboxylic acids is 1. The van der Waals surface area contributed by atoms with Gasteiger partial charge in [-0.1, -0.05) is 15.9 Å². The molecule has 0 radical (unpaired) electrons. The summed E-state index contributed by atoms with van der Waals surface area (Å²) in [5.74, 6) is 0.0200. The predicted octanol–water partition coefficient (Wildman–Crippen LogP) is 3.50. The number of methoxy groups -OCH3 is 1. The number of thiophene rings is 1. The van der Waals surface area contributed by atoms with Crippen molar-refractivity contribution in [2.75, 3.05) is 25.9 Å². The number of nitrogens with zero attached hydrogens (tertiary/aromatic N) is 1. The standard InChI is InChI=1S/C15H17BrN2O2S/c1-20-10-3-2-6-18(8-10)15(19)14-13(17)11-7-9(16)4-5-12(11)21-14/h4-5,7,10H,2-3,6,8,17H2,1H3. The second-order valence-corrected chi connectivity index (χ2v) is 7.20. The number of nitrogen functional groups attached to an aromatic ring is 1. The Morgan fingerprint density at radius 1 is 1.52 bits per heavy atom. The van der Waals surface area contributed by atoms with Crippen molar-refractivity contribution in [2.45, 2.75) is 18.9 Å². The maximum absolute atomic E-state index is 12.7. The summed E-state index contributed by atoms with van der Waals surface area (Å²) in [4.78, 5) is 15.2. The lowest BCUT2D eigenvalue weighted by molar-refractivity contribution is 0.0272. The number of fused-ring (bicyclic) bond motifs is 1. The maximum Gasteiger partial charge on any atom is 0.266 e. The van der Waals surface area contributed by atoms with Gasteiger partial charge in [-0.05, 0) is 31.0 Å². The Hall–Kier alpha value is -1.11. The van der Waals surface area contributed by atoms with Gasteiger partial charge in [0.2, 0.25) is 0 Å². The average molecular weight is 369 g/mol. The average Bonchev–Trinajstić information content (AvgIpc) is 2.83. The van der Waals surface area contributed by atoms with E-state index in [1.165, 1.54) is 11.3 Å². The van der Waals surface area contributed by atoms with E-state index in [0.717, 1.165) is 33.9 Å². The first-order valence-corrected chi connectivity index (χ1v) is 8.50. The van der Waals surface area contributed by atoms with Gasteiger partial charge in [0.25, 0.3) is 5.91 Å². The monoisotopic (exact) mass is 368 g/mol. The third-order valence-electron chi connectivity index (χ3n) is 3.88. The molecule has 6 heteroatoms. The van der Waals surface area contributed by atoms with Crippen molar-refractivity contribution in [3.8, 4) is 0 Å². The first-order chi connectivity index (χ1) is 10.1. The quantitative estimate of drug-likeness (QED) is 0.882. The smallest absolute Gasteiger partial charge is 0.266 e. The number of piperidine rings is 1. The molecule has 1 aliphatic rings. The molecule has 0 saturated carbocycles. The second-order valence-electron chi connectivity index (χ2n) is 5.24. The van der Waals surface area contributed by atoms with E-state index in [2.05, 4.69) is 15.9 Å². The van der Waals surface area contributed by atoms with Crippen LogP contribution in [0.2, 0.25) is 0 Å². The Labute approximate surface area is 136 Å². The summed E-state index contributed by atoms with van der Waals surface area (Å²) in [5, 5.41) is 0.943. The van der Waals surface area contributed by atoms with E-state index in [1.807, 2.05) is 23.1 Å². The number of amides is 1. The fourth-order valence-corrected chi connectivity index (χ4v) is 4.14. The predicted molar refractivity (Wildman–Crippen MR) is 89.9 cm³/mol. The van der Waals surface area contributed by atoms with Crippen molar-refractivity contribution in [1.82, 2.24) is 4.90 Å². The number of hydrogen-bond acceptors (Lipinski definition) is 4. The Kier molecular flexibility index (Phi) is 4.19. The zero-order chi connectivity index (χ0) is 15.0. The fraction of sp³-hybridized carbons (Fsp3) is 0.400.